The molecule has 1 aromatic heterocycles. The minimum Gasteiger partial charge on any atom is -0.468 e. The lowest BCUT2D eigenvalue weighted by atomic mass is 10.5. The van der Waals surface area contributed by atoms with Crippen LogP contribution in [0.1, 0.15) is 33.5 Å². The molecule has 1 aromatic rings. The van der Waals surface area contributed by atoms with Crippen LogP contribution < -0.4 is 5.09 Å². The van der Waals surface area contributed by atoms with Crippen molar-refractivity contribution < 1.29 is 4.42 Å². The predicted octanol–water partition coefficient (Wildman–Crippen LogP) is 3.58. The smallest absolute Gasteiger partial charge is 0.117 e. The molecule has 14 heavy (non-hydrogen) atoms. The Morgan fingerprint density at radius 2 is 1.93 bits per heavy atom. The fourth-order valence-corrected chi connectivity index (χ4v) is 3.81. The van der Waals surface area contributed by atoms with Crippen LogP contribution in [0.4, 0.5) is 0 Å². The van der Waals surface area contributed by atoms with E-state index in [-0.39, 0.29) is 8.07 Å². The summed E-state index contributed by atoms with van der Waals surface area (Å²) in [4.78, 5) is 0. The molecule has 0 aliphatic rings. The monoisotopic (exact) mass is 213 g/mol. The molecule has 0 fully saturated rings. The zero-order valence-corrected chi connectivity index (χ0v) is 10.3. The molecule has 0 amide bonds. The van der Waals surface area contributed by atoms with Gasteiger partial charge in [0, 0.05) is 0 Å². The molecule has 0 bridgehead atoms. The molecule has 0 atom stereocenters. The zero-order valence-electron chi connectivity index (χ0n) is 9.45. The number of furan rings is 1. The van der Waals surface area contributed by atoms with Crippen LogP contribution in [-0.4, -0.2) is 11.3 Å². The molecule has 3 heteroatoms. The standard InChI is InChI=1S/C11H20NOP/c1-9(2)14(10(3)4)12-8-11-6-5-7-13-11/h5-7,9-10,12H,8H2,1-4H3. The van der Waals surface area contributed by atoms with Crippen LogP contribution in [0.15, 0.2) is 22.8 Å². The molecule has 0 saturated heterocycles. The van der Waals surface area contributed by atoms with Gasteiger partial charge in [0.05, 0.1) is 12.8 Å². The van der Waals surface area contributed by atoms with E-state index in [1.54, 1.807) is 6.26 Å². The SMILES string of the molecule is CC(C)P(NCc1ccco1)C(C)C. The van der Waals surface area contributed by atoms with E-state index < -0.39 is 0 Å². The lowest BCUT2D eigenvalue weighted by molar-refractivity contribution is 0.505. The average molecular weight is 213 g/mol. The van der Waals surface area contributed by atoms with Crippen molar-refractivity contribution in [2.75, 3.05) is 0 Å². The van der Waals surface area contributed by atoms with Crippen LogP contribution >= 0.6 is 8.07 Å². The summed E-state index contributed by atoms with van der Waals surface area (Å²) in [7, 11) is -0.0934. The Balaban J connectivity index is 2.41. The highest BCUT2D eigenvalue weighted by molar-refractivity contribution is 7.56. The highest BCUT2D eigenvalue weighted by Gasteiger charge is 2.16. The van der Waals surface area contributed by atoms with Crippen molar-refractivity contribution in [3.63, 3.8) is 0 Å². The van der Waals surface area contributed by atoms with Crippen molar-refractivity contribution >= 4 is 8.07 Å². The maximum atomic E-state index is 5.29. The van der Waals surface area contributed by atoms with Gasteiger partial charge < -0.3 is 4.42 Å². The number of hydrogen-bond acceptors (Lipinski definition) is 2. The minimum absolute atomic E-state index is 0.0934. The van der Waals surface area contributed by atoms with Gasteiger partial charge in [0.2, 0.25) is 0 Å². The molecular formula is C11H20NOP. The largest absolute Gasteiger partial charge is 0.468 e. The fourth-order valence-electron chi connectivity index (χ4n) is 1.54. The third kappa shape index (κ3) is 3.43. The van der Waals surface area contributed by atoms with E-state index in [0.29, 0.717) is 0 Å². The van der Waals surface area contributed by atoms with Gasteiger partial charge in [-0.05, 0) is 31.5 Å². The Kier molecular flexibility index (Phi) is 4.64. The minimum atomic E-state index is -0.0934. The molecule has 0 radical (unpaired) electrons. The first kappa shape index (κ1) is 11.7. The molecule has 1 heterocycles. The molecule has 1 rings (SSSR count). The third-order valence-corrected chi connectivity index (χ3v) is 4.88. The first-order valence-corrected chi connectivity index (χ1v) is 6.63. The van der Waals surface area contributed by atoms with Crippen LogP contribution in [0.5, 0.6) is 0 Å². The summed E-state index contributed by atoms with van der Waals surface area (Å²) in [5, 5.41) is 3.59. The van der Waals surface area contributed by atoms with Crippen molar-refractivity contribution in [1.82, 2.24) is 5.09 Å². The highest BCUT2D eigenvalue weighted by atomic mass is 31.1. The van der Waals surface area contributed by atoms with Gasteiger partial charge in [0.1, 0.15) is 5.76 Å². The molecule has 0 saturated carbocycles. The van der Waals surface area contributed by atoms with Crippen LogP contribution in [0.25, 0.3) is 0 Å². The van der Waals surface area contributed by atoms with Gasteiger partial charge >= 0.3 is 0 Å². The zero-order chi connectivity index (χ0) is 10.6. The van der Waals surface area contributed by atoms with Gasteiger partial charge in [-0.25, -0.2) is 0 Å². The predicted molar refractivity (Wildman–Crippen MR) is 62.7 cm³/mol. The lowest BCUT2D eigenvalue weighted by Gasteiger charge is -2.26. The molecule has 0 aliphatic carbocycles. The topological polar surface area (TPSA) is 25.2 Å². The summed E-state index contributed by atoms with van der Waals surface area (Å²) in [5.41, 5.74) is 1.44. The second kappa shape index (κ2) is 5.53. The maximum absolute atomic E-state index is 5.29. The van der Waals surface area contributed by atoms with E-state index in [2.05, 4.69) is 32.8 Å². The van der Waals surface area contributed by atoms with Crippen LogP contribution in [-0.2, 0) is 6.54 Å². The van der Waals surface area contributed by atoms with Crippen molar-refractivity contribution in [2.24, 2.45) is 0 Å². The Morgan fingerprint density at radius 3 is 2.36 bits per heavy atom. The summed E-state index contributed by atoms with van der Waals surface area (Å²) in [6.07, 6.45) is 1.73. The molecule has 0 spiro atoms. The first-order valence-electron chi connectivity index (χ1n) is 5.15. The van der Waals surface area contributed by atoms with Crippen molar-refractivity contribution in [3.8, 4) is 0 Å². The van der Waals surface area contributed by atoms with Crippen molar-refractivity contribution in [1.29, 1.82) is 0 Å². The van der Waals surface area contributed by atoms with E-state index in [1.807, 2.05) is 12.1 Å². The quantitative estimate of drug-likeness (QED) is 0.756. The lowest BCUT2D eigenvalue weighted by Crippen LogP contribution is -2.17. The van der Waals surface area contributed by atoms with Crippen molar-refractivity contribution in [3.05, 3.63) is 24.2 Å². The average Bonchev–Trinajstić information content (AvgIpc) is 2.55. The van der Waals surface area contributed by atoms with E-state index in [0.717, 1.165) is 23.6 Å². The molecular weight excluding hydrogens is 193 g/mol. The van der Waals surface area contributed by atoms with E-state index >= 15 is 0 Å². The van der Waals surface area contributed by atoms with Gasteiger partial charge in [0.25, 0.3) is 0 Å². The van der Waals surface area contributed by atoms with E-state index in [4.69, 9.17) is 4.42 Å². The number of rotatable bonds is 5. The highest BCUT2D eigenvalue weighted by Crippen LogP contribution is 2.41. The van der Waals surface area contributed by atoms with Gasteiger partial charge in [0.15, 0.2) is 0 Å². The van der Waals surface area contributed by atoms with Crippen LogP contribution in [0, 0.1) is 0 Å². The van der Waals surface area contributed by atoms with Gasteiger partial charge in [-0.15, -0.1) is 0 Å². The summed E-state index contributed by atoms with van der Waals surface area (Å²) in [6, 6.07) is 3.95. The number of nitrogens with one attached hydrogen (secondary N) is 1. The summed E-state index contributed by atoms with van der Waals surface area (Å²) < 4.78 is 5.29. The van der Waals surface area contributed by atoms with E-state index in [1.165, 1.54) is 0 Å². The fraction of sp³-hybridized carbons (Fsp3) is 0.636. The van der Waals surface area contributed by atoms with Crippen molar-refractivity contribution in [2.45, 2.75) is 45.6 Å². The maximum Gasteiger partial charge on any atom is 0.117 e. The summed E-state index contributed by atoms with van der Waals surface area (Å²) in [6.45, 7) is 9.97. The van der Waals surface area contributed by atoms with Gasteiger partial charge in [-0.2, -0.15) is 0 Å². The summed E-state index contributed by atoms with van der Waals surface area (Å²) >= 11 is 0. The molecule has 0 aromatic carbocycles. The Bertz CT molecular complexity index is 236. The molecule has 1 N–H and O–H groups in total. The third-order valence-electron chi connectivity index (χ3n) is 2.13. The molecule has 80 valence electrons. The normalized spacial score (nSPS) is 11.9. The second-order valence-corrected chi connectivity index (χ2v) is 7.21. The molecule has 0 unspecified atom stereocenters. The Labute approximate surface area is 87.9 Å². The number of hydrogen-bond donors (Lipinski definition) is 1. The van der Waals surface area contributed by atoms with Crippen LogP contribution in [0.3, 0.4) is 0 Å². The second-order valence-electron chi connectivity index (χ2n) is 4.01. The first-order chi connectivity index (χ1) is 6.61. The Hall–Kier alpha value is -0.330. The molecule has 2 nitrogen and oxygen atoms in total. The summed E-state index contributed by atoms with van der Waals surface area (Å²) in [5.74, 6) is 1.03. The van der Waals surface area contributed by atoms with Crippen LogP contribution in [0.2, 0.25) is 0 Å². The van der Waals surface area contributed by atoms with Gasteiger partial charge in [-0.3, -0.25) is 5.09 Å². The van der Waals surface area contributed by atoms with E-state index in [9.17, 15) is 0 Å². The molecule has 0 aliphatic heterocycles. The van der Waals surface area contributed by atoms with Gasteiger partial charge in [-0.1, -0.05) is 27.7 Å². The Morgan fingerprint density at radius 1 is 1.29 bits per heavy atom.